The number of carbonyl (C=O) groups is 2. The van der Waals surface area contributed by atoms with Crippen molar-refractivity contribution in [2.45, 2.75) is 19.4 Å². The molecule has 0 heterocycles. The lowest BCUT2D eigenvalue weighted by atomic mass is 10.2. The highest BCUT2D eigenvalue weighted by molar-refractivity contribution is 5.80. The Morgan fingerprint density at radius 1 is 1.39 bits per heavy atom. The predicted octanol–water partition coefficient (Wildman–Crippen LogP) is 1.56. The van der Waals surface area contributed by atoms with Gasteiger partial charge >= 0.3 is 5.97 Å². The molecule has 0 unspecified atom stereocenters. The van der Waals surface area contributed by atoms with Crippen LogP contribution in [0, 0.1) is 0 Å². The smallest absolute Gasteiger partial charge is 0.350 e. The third-order valence-corrected chi connectivity index (χ3v) is 2.05. The van der Waals surface area contributed by atoms with Crippen LogP contribution in [0.4, 0.5) is 0 Å². The first kappa shape index (κ1) is 13.9. The van der Waals surface area contributed by atoms with Gasteiger partial charge in [0.25, 0.3) is 0 Å². The molecule has 5 heteroatoms. The molecular formula is C13H15NO4. The van der Waals surface area contributed by atoms with E-state index in [9.17, 15) is 9.59 Å². The molecule has 0 bridgehead atoms. The summed E-state index contributed by atoms with van der Waals surface area (Å²) in [4.78, 5) is 26.8. The van der Waals surface area contributed by atoms with Crippen molar-refractivity contribution in [2.75, 3.05) is 6.61 Å². The van der Waals surface area contributed by atoms with Gasteiger partial charge < -0.3 is 14.4 Å². The van der Waals surface area contributed by atoms with E-state index < -0.39 is 12.1 Å². The van der Waals surface area contributed by atoms with Crippen molar-refractivity contribution in [1.82, 2.24) is 0 Å². The molecule has 0 N–H and O–H groups in total. The second-order valence-electron chi connectivity index (χ2n) is 3.39. The van der Waals surface area contributed by atoms with E-state index in [4.69, 9.17) is 9.57 Å². The molecule has 5 nitrogen and oxygen atoms in total. The van der Waals surface area contributed by atoms with Gasteiger partial charge in [0.2, 0.25) is 6.10 Å². The van der Waals surface area contributed by atoms with E-state index in [-0.39, 0.29) is 13.0 Å². The molecular weight excluding hydrogens is 234 g/mol. The highest BCUT2D eigenvalue weighted by Gasteiger charge is 2.20. The molecule has 0 radical (unpaired) electrons. The minimum atomic E-state index is -0.984. The van der Waals surface area contributed by atoms with Crippen LogP contribution >= 0.6 is 0 Å². The fourth-order valence-electron chi connectivity index (χ4n) is 1.21. The molecule has 0 amide bonds. The quantitative estimate of drug-likeness (QED) is 0.318. The number of esters is 1. The van der Waals surface area contributed by atoms with Crippen molar-refractivity contribution < 1.29 is 19.2 Å². The van der Waals surface area contributed by atoms with Crippen LogP contribution in [0.2, 0.25) is 0 Å². The summed E-state index contributed by atoms with van der Waals surface area (Å²) in [5.74, 6) is -0.588. The maximum Gasteiger partial charge on any atom is 0.350 e. The Morgan fingerprint density at radius 2 is 2.11 bits per heavy atom. The molecule has 0 aromatic heterocycles. The number of ether oxygens (including phenoxy) is 1. The van der Waals surface area contributed by atoms with Gasteiger partial charge in [-0.15, -0.1) is 0 Å². The lowest BCUT2D eigenvalue weighted by molar-refractivity contribution is -0.157. The third kappa shape index (κ3) is 4.78. The van der Waals surface area contributed by atoms with Gasteiger partial charge in [-0.3, -0.25) is 0 Å². The number of rotatable bonds is 7. The number of oxime groups is 1. The minimum absolute atomic E-state index is 0.0784. The van der Waals surface area contributed by atoms with E-state index in [0.717, 1.165) is 5.56 Å². The van der Waals surface area contributed by atoms with Gasteiger partial charge in [-0.05, 0) is 12.5 Å². The minimum Gasteiger partial charge on any atom is -0.463 e. The summed E-state index contributed by atoms with van der Waals surface area (Å²) >= 11 is 0. The zero-order chi connectivity index (χ0) is 13.2. The molecule has 1 aromatic rings. The van der Waals surface area contributed by atoms with Crippen molar-refractivity contribution in [2.24, 2.45) is 5.16 Å². The Kier molecular flexibility index (Phi) is 6.17. The van der Waals surface area contributed by atoms with Gasteiger partial charge in [0, 0.05) is 0 Å². The van der Waals surface area contributed by atoms with Crippen molar-refractivity contribution in [3.05, 3.63) is 35.9 Å². The zero-order valence-electron chi connectivity index (χ0n) is 10.1. The molecule has 0 aliphatic rings. The fraction of sp³-hybridized carbons (Fsp3) is 0.308. The highest BCUT2D eigenvalue weighted by Crippen LogP contribution is 2.02. The van der Waals surface area contributed by atoms with E-state index in [2.05, 4.69) is 5.16 Å². The first-order chi connectivity index (χ1) is 8.77. The Morgan fingerprint density at radius 3 is 2.72 bits per heavy atom. The molecule has 0 spiro atoms. The summed E-state index contributed by atoms with van der Waals surface area (Å²) in [5, 5.41) is 3.68. The average molecular weight is 249 g/mol. The van der Waals surface area contributed by atoms with Crippen LogP contribution in [0.3, 0.4) is 0 Å². The lowest BCUT2D eigenvalue weighted by Gasteiger charge is -2.10. The molecule has 0 aliphatic carbocycles. The first-order valence-corrected chi connectivity index (χ1v) is 5.62. The Hall–Kier alpha value is -2.17. The molecule has 1 aromatic carbocycles. The molecule has 96 valence electrons. The van der Waals surface area contributed by atoms with Crippen LogP contribution in [0.5, 0.6) is 0 Å². The van der Waals surface area contributed by atoms with Crippen LogP contribution in [0.1, 0.15) is 18.9 Å². The maximum absolute atomic E-state index is 11.4. The van der Waals surface area contributed by atoms with E-state index in [1.807, 2.05) is 30.3 Å². The van der Waals surface area contributed by atoms with E-state index in [0.29, 0.717) is 6.29 Å². The van der Waals surface area contributed by atoms with Gasteiger partial charge in [0.05, 0.1) is 19.2 Å². The Labute approximate surface area is 105 Å². The van der Waals surface area contributed by atoms with Crippen molar-refractivity contribution >= 4 is 18.5 Å². The van der Waals surface area contributed by atoms with Crippen LogP contribution in [-0.2, 0) is 19.2 Å². The van der Waals surface area contributed by atoms with Crippen molar-refractivity contribution in [3.8, 4) is 0 Å². The van der Waals surface area contributed by atoms with Gasteiger partial charge in [-0.25, -0.2) is 4.79 Å². The summed E-state index contributed by atoms with van der Waals surface area (Å²) in [7, 11) is 0. The monoisotopic (exact) mass is 249 g/mol. The van der Waals surface area contributed by atoms with Gasteiger partial charge in [-0.2, -0.15) is 0 Å². The second-order valence-corrected chi connectivity index (χ2v) is 3.39. The first-order valence-electron chi connectivity index (χ1n) is 5.62. The van der Waals surface area contributed by atoms with Crippen LogP contribution in [-0.4, -0.2) is 31.2 Å². The van der Waals surface area contributed by atoms with Gasteiger partial charge in [0.15, 0.2) is 0 Å². The Balaban J connectivity index is 2.54. The topological polar surface area (TPSA) is 65.0 Å². The highest BCUT2D eigenvalue weighted by atomic mass is 16.7. The molecule has 1 rings (SSSR count). The third-order valence-electron chi connectivity index (χ3n) is 2.05. The Bertz CT molecular complexity index is 403. The van der Waals surface area contributed by atoms with Crippen molar-refractivity contribution in [1.29, 1.82) is 0 Å². The van der Waals surface area contributed by atoms with E-state index in [1.54, 1.807) is 6.92 Å². The summed E-state index contributed by atoms with van der Waals surface area (Å²) < 4.78 is 4.76. The number of nitrogens with zero attached hydrogens (tertiary/aromatic N) is 1. The molecule has 18 heavy (non-hydrogen) atoms. The second kappa shape index (κ2) is 8.00. The summed E-state index contributed by atoms with van der Waals surface area (Å²) in [6.45, 7) is 1.92. The van der Waals surface area contributed by atoms with Crippen LogP contribution < -0.4 is 0 Å². The maximum atomic E-state index is 11.4. The van der Waals surface area contributed by atoms with Crippen LogP contribution in [0.25, 0.3) is 0 Å². The normalized spacial score (nSPS) is 12.1. The van der Waals surface area contributed by atoms with Crippen molar-refractivity contribution in [3.63, 3.8) is 0 Å². The standard InChI is InChI=1S/C13H15NO4/c1-2-17-13(16)12(8-9-15)18-14-10-11-6-4-3-5-7-11/h3-7,9-10,12H,2,8H2,1H3/b14-10+/t12-/m0/s1. The number of carbonyl (C=O) groups excluding carboxylic acids is 2. The van der Waals surface area contributed by atoms with E-state index >= 15 is 0 Å². The largest absolute Gasteiger partial charge is 0.463 e. The number of benzene rings is 1. The zero-order valence-corrected chi connectivity index (χ0v) is 10.1. The number of aldehydes is 1. The molecule has 0 fully saturated rings. The summed E-state index contributed by atoms with van der Waals surface area (Å²) in [5.41, 5.74) is 0.839. The predicted molar refractivity (Wildman–Crippen MR) is 66.2 cm³/mol. The van der Waals surface area contributed by atoms with Gasteiger partial charge in [-0.1, -0.05) is 35.5 Å². The molecule has 0 saturated heterocycles. The number of hydrogen-bond acceptors (Lipinski definition) is 5. The van der Waals surface area contributed by atoms with Gasteiger partial charge in [0.1, 0.15) is 6.29 Å². The summed E-state index contributed by atoms with van der Waals surface area (Å²) in [6, 6.07) is 9.27. The van der Waals surface area contributed by atoms with E-state index in [1.165, 1.54) is 6.21 Å². The fourth-order valence-corrected chi connectivity index (χ4v) is 1.21. The molecule has 0 aliphatic heterocycles. The SMILES string of the molecule is CCOC(=O)[C@H](CC=O)O/N=C/c1ccccc1. The van der Waals surface area contributed by atoms with Crippen LogP contribution in [0.15, 0.2) is 35.5 Å². The average Bonchev–Trinajstić information content (AvgIpc) is 2.39. The molecule has 0 saturated carbocycles. The summed E-state index contributed by atoms with van der Waals surface area (Å²) in [6.07, 6.45) is 1.00. The number of hydrogen-bond donors (Lipinski definition) is 0. The molecule has 1 atom stereocenters. The lowest BCUT2D eigenvalue weighted by Crippen LogP contribution is -2.25.